The van der Waals surface area contributed by atoms with Gasteiger partial charge in [-0.25, -0.2) is 23.2 Å². The van der Waals surface area contributed by atoms with E-state index < -0.39 is 9.84 Å². The van der Waals surface area contributed by atoms with Crippen molar-refractivity contribution in [3.63, 3.8) is 0 Å². The molecule has 11 heteroatoms. The van der Waals surface area contributed by atoms with Crippen LogP contribution in [0.4, 0.5) is 22.0 Å². The number of carbonyl (C=O) groups excluding carboxylic acids is 1. The minimum absolute atomic E-state index is 0.0342. The Morgan fingerprint density at radius 1 is 1.08 bits per heavy atom. The molecule has 6 rings (SSSR count). The molecular weight excluding hydrogens is 480 g/mol. The number of aromatic nitrogens is 3. The summed E-state index contributed by atoms with van der Waals surface area (Å²) in [6.07, 6.45) is 8.13. The molecule has 1 saturated heterocycles. The first-order chi connectivity index (χ1) is 17.4. The van der Waals surface area contributed by atoms with Crippen molar-refractivity contribution in [1.82, 2.24) is 15.0 Å². The van der Waals surface area contributed by atoms with E-state index in [0.29, 0.717) is 34.1 Å². The predicted molar refractivity (Wildman–Crippen MR) is 135 cm³/mol. The maximum Gasteiger partial charge on any atom is 0.327 e. The van der Waals surface area contributed by atoms with Crippen LogP contribution < -0.4 is 15.1 Å². The molecule has 0 radical (unpaired) electrons. The molecule has 0 aliphatic carbocycles. The molecule has 182 valence electrons. The molecule has 36 heavy (non-hydrogen) atoms. The molecule has 0 spiro atoms. The van der Waals surface area contributed by atoms with Crippen molar-refractivity contribution in [3.8, 4) is 22.6 Å². The second-order valence-corrected chi connectivity index (χ2v) is 10.9. The lowest BCUT2D eigenvalue weighted by molar-refractivity contribution is 0.255. The van der Waals surface area contributed by atoms with E-state index in [9.17, 15) is 13.2 Å². The number of urea groups is 1. The Labute approximate surface area is 207 Å². The molecule has 2 aliphatic heterocycles. The number of hydrogen-bond donors (Lipinski definition) is 1. The lowest BCUT2D eigenvalue weighted by atomic mass is 10.1. The summed E-state index contributed by atoms with van der Waals surface area (Å²) in [4.78, 5) is 30.7. The van der Waals surface area contributed by atoms with Crippen LogP contribution in [0.3, 0.4) is 0 Å². The highest BCUT2D eigenvalue weighted by Crippen LogP contribution is 2.40. The van der Waals surface area contributed by atoms with Gasteiger partial charge >= 0.3 is 6.03 Å². The Morgan fingerprint density at radius 2 is 1.97 bits per heavy atom. The Morgan fingerprint density at radius 3 is 2.78 bits per heavy atom. The zero-order valence-corrected chi connectivity index (χ0v) is 20.1. The predicted octanol–water partition coefficient (Wildman–Crippen LogP) is 3.83. The molecule has 2 bridgehead atoms. The Bertz CT molecular complexity index is 1570. The van der Waals surface area contributed by atoms with Crippen LogP contribution >= 0.6 is 0 Å². The van der Waals surface area contributed by atoms with Crippen LogP contribution in [-0.4, -0.2) is 54.8 Å². The van der Waals surface area contributed by atoms with Crippen molar-refractivity contribution in [3.05, 3.63) is 67.4 Å². The fourth-order valence-corrected chi connectivity index (χ4v) is 5.37. The highest BCUT2D eigenvalue weighted by Gasteiger charge is 2.40. The lowest BCUT2D eigenvalue weighted by Gasteiger charge is -2.36. The van der Waals surface area contributed by atoms with Crippen LogP contribution in [0.15, 0.2) is 76.8 Å². The first-order valence-electron chi connectivity index (χ1n) is 11.4. The van der Waals surface area contributed by atoms with Crippen molar-refractivity contribution in [2.75, 3.05) is 34.5 Å². The number of sulfone groups is 1. The average molecular weight is 503 g/mol. The van der Waals surface area contributed by atoms with E-state index in [-0.39, 0.29) is 17.0 Å². The second-order valence-electron chi connectivity index (χ2n) is 8.86. The van der Waals surface area contributed by atoms with Gasteiger partial charge in [0.2, 0.25) is 0 Å². The number of amides is 2. The third-order valence-electron chi connectivity index (χ3n) is 6.44. The summed E-state index contributed by atoms with van der Waals surface area (Å²) >= 11 is 0. The maximum absolute atomic E-state index is 13.6. The van der Waals surface area contributed by atoms with E-state index in [2.05, 4.69) is 20.2 Å². The van der Waals surface area contributed by atoms with Crippen molar-refractivity contribution in [1.29, 1.82) is 0 Å². The number of pyridine rings is 2. The number of fused-ring (bicyclic) bond motifs is 4. The smallest absolute Gasteiger partial charge is 0.327 e. The molecule has 1 fully saturated rings. The van der Waals surface area contributed by atoms with Gasteiger partial charge in [0.05, 0.1) is 40.4 Å². The highest BCUT2D eigenvalue weighted by atomic mass is 32.2. The Hall–Kier alpha value is -4.25. The normalized spacial score (nSPS) is 16.6. The average Bonchev–Trinajstić information content (AvgIpc) is 3.55. The monoisotopic (exact) mass is 502 g/mol. The molecule has 3 aromatic heterocycles. The van der Waals surface area contributed by atoms with Crippen LogP contribution in [0.5, 0.6) is 0 Å². The highest BCUT2D eigenvalue weighted by molar-refractivity contribution is 7.90. The molecule has 2 aliphatic rings. The van der Waals surface area contributed by atoms with Gasteiger partial charge in [-0.05, 0) is 36.8 Å². The summed E-state index contributed by atoms with van der Waals surface area (Å²) in [5.41, 5.74) is 3.34. The molecule has 1 aromatic carbocycles. The Kier molecular flexibility index (Phi) is 5.22. The van der Waals surface area contributed by atoms with E-state index in [1.165, 1.54) is 12.6 Å². The fraction of sp³-hybridized carbons (Fsp3) is 0.200. The van der Waals surface area contributed by atoms with Crippen LogP contribution in [-0.2, 0) is 9.84 Å². The second kappa shape index (κ2) is 8.45. The molecule has 1 N–H and O–H groups in total. The lowest BCUT2D eigenvalue weighted by Crippen LogP contribution is -2.48. The standard InChI is InChI=1S/C25H22N6O4S/c1-36(33,34)20-4-2-3-16(10-20)21-5-6-22-24(29-21)31(19-7-8-30(22)14-19)25(32)28-18-9-17(11-26-12-18)23-13-27-15-35-23/h2-6,9-13,15,19H,7-8,14H2,1H3,(H,28,32)/t19-/m0/s1. The summed E-state index contributed by atoms with van der Waals surface area (Å²) in [5, 5.41) is 2.95. The number of rotatable bonds is 4. The number of hydrogen-bond acceptors (Lipinski definition) is 8. The number of nitrogens with one attached hydrogen (secondary N) is 1. The molecule has 1 atom stereocenters. The summed E-state index contributed by atoms with van der Waals surface area (Å²) < 4.78 is 29.4. The molecule has 5 heterocycles. The topological polar surface area (TPSA) is 122 Å². The number of benzene rings is 1. The van der Waals surface area contributed by atoms with Gasteiger partial charge in [-0.3, -0.25) is 9.88 Å². The van der Waals surface area contributed by atoms with Crippen molar-refractivity contribution in [2.45, 2.75) is 17.4 Å². The first-order valence-corrected chi connectivity index (χ1v) is 13.3. The number of carbonyl (C=O) groups is 1. The van der Waals surface area contributed by atoms with Gasteiger partial charge in [-0.15, -0.1) is 0 Å². The Balaban J connectivity index is 1.35. The van der Waals surface area contributed by atoms with Gasteiger partial charge in [0.1, 0.15) is 0 Å². The van der Waals surface area contributed by atoms with Crippen LogP contribution in [0.2, 0.25) is 0 Å². The molecule has 0 saturated carbocycles. The van der Waals surface area contributed by atoms with E-state index >= 15 is 0 Å². The SMILES string of the molecule is CS(=O)(=O)c1cccc(-c2ccc3c(n2)N(C(=O)Nc2cncc(-c4cnco4)c2)[C@H]2CCN3C2)c1. The van der Waals surface area contributed by atoms with Gasteiger partial charge < -0.3 is 14.6 Å². The zero-order valence-electron chi connectivity index (χ0n) is 19.3. The fourth-order valence-electron chi connectivity index (χ4n) is 4.70. The number of nitrogens with zero attached hydrogens (tertiary/aromatic N) is 5. The number of oxazole rings is 1. The molecular formula is C25H22N6O4S. The minimum atomic E-state index is -3.36. The maximum atomic E-state index is 13.6. The van der Waals surface area contributed by atoms with Gasteiger partial charge in [0.25, 0.3) is 0 Å². The van der Waals surface area contributed by atoms with Gasteiger partial charge in [0, 0.05) is 36.7 Å². The summed E-state index contributed by atoms with van der Waals surface area (Å²) in [6.45, 7) is 1.55. The third kappa shape index (κ3) is 3.97. The largest absolute Gasteiger partial charge is 0.443 e. The molecule has 4 aromatic rings. The van der Waals surface area contributed by atoms with E-state index in [1.54, 1.807) is 47.8 Å². The first kappa shape index (κ1) is 22.2. The number of anilines is 3. The van der Waals surface area contributed by atoms with Gasteiger partial charge in [0.15, 0.2) is 27.8 Å². The van der Waals surface area contributed by atoms with Crippen LogP contribution in [0.25, 0.3) is 22.6 Å². The van der Waals surface area contributed by atoms with Crippen molar-refractivity contribution < 1.29 is 17.6 Å². The van der Waals surface area contributed by atoms with Crippen LogP contribution in [0.1, 0.15) is 6.42 Å². The van der Waals surface area contributed by atoms with E-state index in [4.69, 9.17) is 9.40 Å². The van der Waals surface area contributed by atoms with Crippen molar-refractivity contribution in [2.24, 2.45) is 0 Å². The molecule has 0 unspecified atom stereocenters. The summed E-state index contributed by atoms with van der Waals surface area (Å²) in [6, 6.07) is 11.9. The summed E-state index contributed by atoms with van der Waals surface area (Å²) in [5.74, 6) is 1.10. The van der Waals surface area contributed by atoms with Gasteiger partial charge in [-0.2, -0.15) is 0 Å². The van der Waals surface area contributed by atoms with Gasteiger partial charge in [-0.1, -0.05) is 12.1 Å². The third-order valence-corrected chi connectivity index (χ3v) is 7.55. The minimum Gasteiger partial charge on any atom is -0.443 e. The molecule has 2 amide bonds. The van der Waals surface area contributed by atoms with Crippen molar-refractivity contribution >= 4 is 33.1 Å². The van der Waals surface area contributed by atoms with E-state index in [0.717, 1.165) is 25.2 Å². The summed E-state index contributed by atoms with van der Waals surface area (Å²) in [7, 11) is -3.36. The quantitative estimate of drug-likeness (QED) is 0.447. The molecule has 10 nitrogen and oxygen atoms in total. The zero-order chi connectivity index (χ0) is 24.9. The van der Waals surface area contributed by atoms with E-state index in [1.807, 2.05) is 18.2 Å². The van der Waals surface area contributed by atoms with Crippen LogP contribution in [0, 0.1) is 0 Å².